The Labute approximate surface area is 159 Å². The van der Waals surface area contributed by atoms with Crippen molar-refractivity contribution in [3.63, 3.8) is 0 Å². The van der Waals surface area contributed by atoms with Gasteiger partial charge in [-0.2, -0.15) is 0 Å². The van der Waals surface area contributed by atoms with Gasteiger partial charge in [-0.05, 0) is 43.9 Å². The lowest BCUT2D eigenvalue weighted by atomic mass is 9.94. The molecule has 2 amide bonds. The number of benzene rings is 1. The molecule has 1 unspecified atom stereocenters. The topological polar surface area (TPSA) is 81.1 Å². The Morgan fingerprint density at radius 1 is 1.22 bits per heavy atom. The molecule has 3 rings (SSSR count). The Morgan fingerprint density at radius 3 is 2.59 bits per heavy atom. The quantitative estimate of drug-likeness (QED) is 0.670. The smallest absolute Gasteiger partial charge is 0.338 e. The number of methoxy groups -OCH3 is 2. The molecule has 1 aromatic carbocycles. The highest BCUT2D eigenvalue weighted by molar-refractivity contribution is 5.95. The number of carbonyl (C=O) groups is 2. The van der Waals surface area contributed by atoms with Crippen LogP contribution in [0.4, 0.5) is 4.79 Å². The molecule has 3 N–H and O–H groups in total. The van der Waals surface area contributed by atoms with Gasteiger partial charge in [0.2, 0.25) is 0 Å². The molecule has 7 heteroatoms. The fraction of sp³-hybridized carbons (Fsp3) is 0.500. The van der Waals surface area contributed by atoms with Crippen LogP contribution in [0.3, 0.4) is 0 Å². The molecule has 27 heavy (non-hydrogen) atoms. The molecule has 0 aliphatic carbocycles. The average Bonchev–Trinajstić information content (AvgIpc) is 2.69. The molecule has 2 aliphatic rings. The number of nitrogens with one attached hydrogen (secondary N) is 3. The first kappa shape index (κ1) is 19.2. The van der Waals surface area contributed by atoms with Crippen LogP contribution in [0.25, 0.3) is 0 Å². The molecule has 1 saturated heterocycles. The Hall–Kier alpha value is -2.54. The third-order valence-corrected chi connectivity index (χ3v) is 5.49. The molecule has 1 fully saturated rings. The zero-order valence-corrected chi connectivity index (χ0v) is 16.1. The van der Waals surface area contributed by atoms with Crippen molar-refractivity contribution in [3.05, 3.63) is 41.1 Å². The van der Waals surface area contributed by atoms with Crippen LogP contribution in [0.1, 0.15) is 37.8 Å². The summed E-state index contributed by atoms with van der Waals surface area (Å²) in [6.45, 7) is 3.86. The van der Waals surface area contributed by atoms with Crippen molar-refractivity contribution in [2.24, 2.45) is 0 Å². The van der Waals surface area contributed by atoms with E-state index in [0.717, 1.165) is 30.7 Å². The van der Waals surface area contributed by atoms with Crippen molar-refractivity contribution in [1.29, 1.82) is 0 Å². The van der Waals surface area contributed by atoms with Crippen LogP contribution < -0.4 is 20.3 Å². The first-order chi connectivity index (χ1) is 13.0. The van der Waals surface area contributed by atoms with Gasteiger partial charge in [-0.1, -0.05) is 12.1 Å². The summed E-state index contributed by atoms with van der Waals surface area (Å²) in [6.07, 6.45) is 3.55. The first-order valence-electron chi connectivity index (χ1n) is 9.41. The average molecular weight is 374 g/mol. The number of carbonyl (C=O) groups excluding carboxylic acids is 2. The summed E-state index contributed by atoms with van der Waals surface area (Å²) in [5.41, 5.74) is 1.92. The summed E-state index contributed by atoms with van der Waals surface area (Å²) < 4.78 is 10.2. The molecule has 0 radical (unpaired) electrons. The van der Waals surface area contributed by atoms with E-state index in [1.165, 1.54) is 18.4 Å². The van der Waals surface area contributed by atoms with Crippen molar-refractivity contribution in [3.8, 4) is 5.75 Å². The highest BCUT2D eigenvalue weighted by Gasteiger charge is 2.36. The lowest BCUT2D eigenvalue weighted by Gasteiger charge is -2.34. The second-order valence-electron chi connectivity index (χ2n) is 7.17. The SMILES string of the molecule is COC(=O)C1=C(C[NH+]2CCCC[C@@H]2C)NC(=O)N[C@H]1c1ccc(OC)cc1. The summed E-state index contributed by atoms with van der Waals surface area (Å²) in [5.74, 6) is 0.289. The maximum Gasteiger partial charge on any atom is 0.338 e. The molecule has 0 aromatic heterocycles. The predicted octanol–water partition coefficient (Wildman–Crippen LogP) is 0.934. The number of quaternary nitrogens is 1. The molecular weight excluding hydrogens is 346 g/mol. The van der Waals surface area contributed by atoms with Crippen molar-refractivity contribution < 1.29 is 24.0 Å². The van der Waals surface area contributed by atoms with Gasteiger partial charge in [-0.3, -0.25) is 0 Å². The Bertz CT molecular complexity index is 729. The van der Waals surface area contributed by atoms with Crippen LogP contribution in [-0.4, -0.2) is 45.4 Å². The van der Waals surface area contributed by atoms with Gasteiger partial charge in [0.05, 0.1) is 44.1 Å². The van der Waals surface area contributed by atoms with E-state index in [4.69, 9.17) is 9.47 Å². The number of hydrogen-bond acceptors (Lipinski definition) is 4. The highest BCUT2D eigenvalue weighted by Crippen LogP contribution is 2.28. The molecule has 2 heterocycles. The number of piperidine rings is 1. The van der Waals surface area contributed by atoms with Crippen molar-refractivity contribution in [1.82, 2.24) is 10.6 Å². The van der Waals surface area contributed by atoms with Crippen LogP contribution in [-0.2, 0) is 9.53 Å². The van der Waals surface area contributed by atoms with E-state index in [2.05, 4.69) is 17.6 Å². The van der Waals surface area contributed by atoms with E-state index in [0.29, 0.717) is 23.9 Å². The molecular formula is C20H28N3O4+. The number of esters is 1. The minimum absolute atomic E-state index is 0.303. The molecule has 2 aliphatic heterocycles. The number of ether oxygens (including phenoxy) is 2. The molecule has 7 nitrogen and oxygen atoms in total. The number of urea groups is 1. The van der Waals surface area contributed by atoms with Gasteiger partial charge in [0, 0.05) is 0 Å². The molecule has 1 aromatic rings. The van der Waals surface area contributed by atoms with E-state index in [1.807, 2.05) is 24.3 Å². The number of likely N-dealkylation sites (tertiary alicyclic amines) is 1. The van der Waals surface area contributed by atoms with E-state index < -0.39 is 12.0 Å². The lowest BCUT2D eigenvalue weighted by molar-refractivity contribution is -0.924. The summed E-state index contributed by atoms with van der Waals surface area (Å²) >= 11 is 0. The minimum atomic E-state index is -0.549. The standard InChI is InChI=1S/C20H27N3O4/c1-13-6-4-5-11-23(13)12-16-17(19(24)27-3)18(22-20(25)21-16)14-7-9-15(26-2)10-8-14/h7-10,13,18H,4-6,11-12H2,1-3H3,(H2,21,22,25)/p+1/t13-,18-/m0/s1. The van der Waals surface area contributed by atoms with E-state index in [1.54, 1.807) is 7.11 Å². The third kappa shape index (κ3) is 4.24. The van der Waals surface area contributed by atoms with Gasteiger partial charge < -0.3 is 25.0 Å². The third-order valence-electron chi connectivity index (χ3n) is 5.49. The van der Waals surface area contributed by atoms with Crippen LogP contribution in [0, 0.1) is 0 Å². The summed E-state index contributed by atoms with van der Waals surface area (Å²) in [6, 6.07) is 6.98. The number of hydrogen-bond donors (Lipinski definition) is 3. The highest BCUT2D eigenvalue weighted by atomic mass is 16.5. The monoisotopic (exact) mass is 374 g/mol. The summed E-state index contributed by atoms with van der Waals surface area (Å²) in [5, 5.41) is 5.71. The second kappa shape index (κ2) is 8.43. The van der Waals surface area contributed by atoms with E-state index in [9.17, 15) is 9.59 Å². The molecule has 146 valence electrons. The Balaban J connectivity index is 1.97. The van der Waals surface area contributed by atoms with Crippen LogP contribution in [0.5, 0.6) is 5.75 Å². The van der Waals surface area contributed by atoms with Gasteiger partial charge in [0.25, 0.3) is 0 Å². The molecule has 0 spiro atoms. The zero-order chi connectivity index (χ0) is 19.4. The minimum Gasteiger partial charge on any atom is -0.497 e. The fourth-order valence-corrected chi connectivity index (χ4v) is 3.90. The van der Waals surface area contributed by atoms with Gasteiger partial charge in [0.1, 0.15) is 12.3 Å². The van der Waals surface area contributed by atoms with Crippen molar-refractivity contribution in [2.75, 3.05) is 27.3 Å². The van der Waals surface area contributed by atoms with Crippen LogP contribution in [0.2, 0.25) is 0 Å². The predicted molar refractivity (Wildman–Crippen MR) is 100 cm³/mol. The summed E-state index contributed by atoms with van der Waals surface area (Å²) in [7, 11) is 2.96. The molecule has 0 saturated carbocycles. The zero-order valence-electron chi connectivity index (χ0n) is 16.1. The maximum atomic E-state index is 12.6. The van der Waals surface area contributed by atoms with Gasteiger partial charge in [-0.25, -0.2) is 9.59 Å². The Morgan fingerprint density at radius 2 is 1.96 bits per heavy atom. The number of amides is 2. The second-order valence-corrected chi connectivity index (χ2v) is 7.17. The number of rotatable bonds is 5. The largest absolute Gasteiger partial charge is 0.497 e. The summed E-state index contributed by atoms with van der Waals surface area (Å²) in [4.78, 5) is 26.3. The molecule has 0 bridgehead atoms. The lowest BCUT2D eigenvalue weighted by Crippen LogP contribution is -3.16. The van der Waals surface area contributed by atoms with Gasteiger partial charge in [0.15, 0.2) is 0 Å². The van der Waals surface area contributed by atoms with Crippen LogP contribution >= 0.6 is 0 Å². The fourth-order valence-electron chi connectivity index (χ4n) is 3.90. The molecule has 3 atom stereocenters. The van der Waals surface area contributed by atoms with E-state index >= 15 is 0 Å². The normalized spacial score (nSPS) is 25.4. The van der Waals surface area contributed by atoms with Crippen molar-refractivity contribution >= 4 is 12.0 Å². The van der Waals surface area contributed by atoms with Gasteiger partial charge in [-0.15, -0.1) is 0 Å². The Kier molecular flexibility index (Phi) is 6.01. The van der Waals surface area contributed by atoms with Crippen molar-refractivity contribution in [2.45, 2.75) is 38.3 Å². The van der Waals surface area contributed by atoms with E-state index in [-0.39, 0.29) is 6.03 Å². The van der Waals surface area contributed by atoms with Crippen LogP contribution in [0.15, 0.2) is 35.5 Å². The maximum absolute atomic E-state index is 12.6. The first-order valence-corrected chi connectivity index (χ1v) is 9.41. The van der Waals surface area contributed by atoms with Gasteiger partial charge >= 0.3 is 12.0 Å².